The molecule has 14 heavy (non-hydrogen) atoms. The molecule has 0 amide bonds. The fraction of sp³-hybridized carbons (Fsp3) is 0.333. The maximum Gasteiger partial charge on any atom is 0.267 e. The summed E-state index contributed by atoms with van der Waals surface area (Å²) in [4.78, 5) is 0. The molecule has 5 heteroatoms. The van der Waals surface area contributed by atoms with Crippen molar-refractivity contribution in [2.45, 2.75) is 12.5 Å². The predicted octanol–water partition coefficient (Wildman–Crippen LogP) is 0.748. The highest BCUT2D eigenvalue weighted by Crippen LogP contribution is 2.18. The molecule has 0 radical (unpaired) electrons. The van der Waals surface area contributed by atoms with Crippen molar-refractivity contribution in [2.24, 2.45) is 5.73 Å². The van der Waals surface area contributed by atoms with E-state index in [-0.39, 0.29) is 0 Å². The molecule has 1 aromatic rings. The molecule has 78 valence electrons. The lowest BCUT2D eigenvalue weighted by Gasteiger charge is -2.23. The van der Waals surface area contributed by atoms with Gasteiger partial charge in [-0.25, -0.2) is 0 Å². The first kappa shape index (κ1) is 11.2. The number of hydrogen-bond acceptors (Lipinski definition) is 3. The molecule has 4 nitrogen and oxygen atoms in total. The molecule has 0 saturated carbocycles. The van der Waals surface area contributed by atoms with Crippen LogP contribution in [0.1, 0.15) is 12.5 Å². The molecule has 0 aromatic heterocycles. The van der Waals surface area contributed by atoms with Crippen LogP contribution in [0, 0.1) is 0 Å². The zero-order valence-corrected chi connectivity index (χ0v) is 8.66. The Morgan fingerprint density at radius 2 is 1.86 bits per heavy atom. The van der Waals surface area contributed by atoms with Gasteiger partial charge in [-0.15, -0.1) is 0 Å². The molecule has 0 spiro atoms. The number of rotatable bonds is 3. The summed E-state index contributed by atoms with van der Waals surface area (Å²) in [5.41, 5.74) is 5.40. The highest BCUT2D eigenvalue weighted by molar-refractivity contribution is 7.85. The summed E-state index contributed by atoms with van der Waals surface area (Å²) in [5.74, 6) is -0.482. The Balaban J connectivity index is 2.97. The Labute approximate surface area is 83.5 Å². The maximum atomic E-state index is 10.7. The number of hydrogen-bond donors (Lipinski definition) is 2. The summed E-state index contributed by atoms with van der Waals surface area (Å²) in [6.07, 6.45) is 0. The molecule has 1 unspecified atom stereocenters. The molecule has 1 rings (SSSR count). The van der Waals surface area contributed by atoms with Crippen LogP contribution in [0.25, 0.3) is 0 Å². The van der Waals surface area contributed by atoms with Gasteiger partial charge in [-0.3, -0.25) is 4.55 Å². The van der Waals surface area contributed by atoms with Gasteiger partial charge < -0.3 is 5.73 Å². The van der Waals surface area contributed by atoms with Crippen LogP contribution in [0.3, 0.4) is 0 Å². The Morgan fingerprint density at radius 3 is 2.29 bits per heavy atom. The third-order valence-electron chi connectivity index (χ3n) is 1.92. The van der Waals surface area contributed by atoms with Gasteiger partial charge in [0.2, 0.25) is 0 Å². The quantitative estimate of drug-likeness (QED) is 0.729. The number of benzene rings is 1. The largest absolute Gasteiger partial charge is 0.321 e. The average molecular weight is 215 g/mol. The van der Waals surface area contributed by atoms with Gasteiger partial charge in [0.05, 0.1) is 11.3 Å². The van der Waals surface area contributed by atoms with Crippen LogP contribution < -0.4 is 5.73 Å². The first-order valence-corrected chi connectivity index (χ1v) is 5.72. The van der Waals surface area contributed by atoms with E-state index >= 15 is 0 Å². The minimum absolute atomic E-state index is 0.482. The monoisotopic (exact) mass is 215 g/mol. The maximum absolute atomic E-state index is 10.7. The van der Waals surface area contributed by atoms with Gasteiger partial charge in [0.25, 0.3) is 10.1 Å². The van der Waals surface area contributed by atoms with Crippen LogP contribution in [0.2, 0.25) is 0 Å². The van der Waals surface area contributed by atoms with Crippen LogP contribution in [-0.2, 0) is 15.7 Å². The molecule has 1 aromatic carbocycles. The Hall–Kier alpha value is -0.910. The summed E-state index contributed by atoms with van der Waals surface area (Å²) >= 11 is 0. The molecule has 0 bridgehead atoms. The average Bonchev–Trinajstić information content (AvgIpc) is 2.01. The van der Waals surface area contributed by atoms with Crippen molar-refractivity contribution < 1.29 is 13.0 Å². The first-order valence-electron chi connectivity index (χ1n) is 4.11. The van der Waals surface area contributed by atoms with Crippen LogP contribution in [0.15, 0.2) is 30.3 Å². The van der Waals surface area contributed by atoms with Crippen molar-refractivity contribution in [1.29, 1.82) is 0 Å². The fourth-order valence-corrected chi connectivity index (χ4v) is 2.21. The second kappa shape index (κ2) is 3.68. The SMILES string of the molecule is CC(N)(CS(=O)(=O)O)c1ccccc1. The highest BCUT2D eigenvalue weighted by Gasteiger charge is 2.26. The highest BCUT2D eigenvalue weighted by atomic mass is 32.2. The van der Waals surface area contributed by atoms with Gasteiger partial charge in [-0.2, -0.15) is 8.42 Å². The molecule has 0 fully saturated rings. The summed E-state index contributed by atoms with van der Waals surface area (Å²) in [6, 6.07) is 8.80. The van der Waals surface area contributed by atoms with E-state index in [4.69, 9.17) is 10.3 Å². The zero-order valence-electron chi connectivity index (χ0n) is 7.84. The number of nitrogens with two attached hydrogens (primary N) is 1. The lowest BCUT2D eigenvalue weighted by Crippen LogP contribution is -2.40. The summed E-state index contributed by atoms with van der Waals surface area (Å²) < 4.78 is 30.1. The molecule has 0 saturated heterocycles. The van der Waals surface area contributed by atoms with Gasteiger partial charge in [0.15, 0.2) is 0 Å². The lowest BCUT2D eigenvalue weighted by molar-refractivity contribution is 0.454. The fourth-order valence-electron chi connectivity index (χ4n) is 1.28. The van der Waals surface area contributed by atoms with Crippen molar-refractivity contribution in [3.63, 3.8) is 0 Å². The molecule has 0 aliphatic rings. The summed E-state index contributed by atoms with van der Waals surface area (Å²) in [5, 5.41) is 0. The van der Waals surface area contributed by atoms with Crippen molar-refractivity contribution in [2.75, 3.05) is 5.75 Å². The first-order chi connectivity index (χ1) is 6.31. The van der Waals surface area contributed by atoms with E-state index in [0.29, 0.717) is 5.56 Å². The van der Waals surface area contributed by atoms with E-state index < -0.39 is 21.4 Å². The van der Waals surface area contributed by atoms with E-state index in [2.05, 4.69) is 0 Å². The molecular weight excluding hydrogens is 202 g/mol. The van der Waals surface area contributed by atoms with Crippen LogP contribution in [-0.4, -0.2) is 18.7 Å². The van der Waals surface area contributed by atoms with E-state index in [1.165, 1.54) is 0 Å². The zero-order chi connectivity index (χ0) is 10.8. The minimum atomic E-state index is -4.05. The molecule has 3 N–H and O–H groups in total. The van der Waals surface area contributed by atoms with Crippen molar-refractivity contribution in [3.8, 4) is 0 Å². The van der Waals surface area contributed by atoms with Gasteiger partial charge in [0.1, 0.15) is 0 Å². The standard InChI is InChI=1S/C9H13NO3S/c1-9(10,7-14(11,12)13)8-5-3-2-4-6-8/h2-6H,7,10H2,1H3,(H,11,12,13). The minimum Gasteiger partial charge on any atom is -0.321 e. The molecule has 1 atom stereocenters. The van der Waals surface area contributed by atoms with Gasteiger partial charge in [-0.1, -0.05) is 30.3 Å². The van der Waals surface area contributed by atoms with Gasteiger partial charge >= 0.3 is 0 Å². The Morgan fingerprint density at radius 1 is 1.36 bits per heavy atom. The van der Waals surface area contributed by atoms with E-state index in [9.17, 15) is 8.42 Å². The predicted molar refractivity (Wildman–Crippen MR) is 54.4 cm³/mol. The van der Waals surface area contributed by atoms with E-state index in [1.807, 2.05) is 6.07 Å². The van der Waals surface area contributed by atoms with Gasteiger partial charge in [0, 0.05) is 0 Å². The molecular formula is C9H13NO3S. The Bertz CT molecular complexity index is 397. The normalized spacial score (nSPS) is 16.2. The third-order valence-corrected chi connectivity index (χ3v) is 2.88. The van der Waals surface area contributed by atoms with Gasteiger partial charge in [-0.05, 0) is 12.5 Å². The van der Waals surface area contributed by atoms with Crippen molar-refractivity contribution in [3.05, 3.63) is 35.9 Å². The van der Waals surface area contributed by atoms with Crippen LogP contribution in [0.5, 0.6) is 0 Å². The summed E-state index contributed by atoms with van der Waals surface area (Å²) in [7, 11) is -4.05. The van der Waals surface area contributed by atoms with E-state index in [1.54, 1.807) is 31.2 Å². The molecule has 0 aliphatic carbocycles. The molecule has 0 heterocycles. The Kier molecular flexibility index (Phi) is 2.94. The van der Waals surface area contributed by atoms with Crippen LogP contribution in [0.4, 0.5) is 0 Å². The molecule has 0 aliphatic heterocycles. The second-order valence-electron chi connectivity index (χ2n) is 3.51. The van der Waals surface area contributed by atoms with Crippen molar-refractivity contribution in [1.82, 2.24) is 0 Å². The smallest absolute Gasteiger partial charge is 0.267 e. The van der Waals surface area contributed by atoms with Crippen molar-refractivity contribution >= 4 is 10.1 Å². The topological polar surface area (TPSA) is 80.4 Å². The van der Waals surface area contributed by atoms with E-state index in [0.717, 1.165) is 0 Å². The third kappa shape index (κ3) is 3.10. The summed E-state index contributed by atoms with van der Waals surface area (Å²) in [6.45, 7) is 1.57. The van der Waals surface area contributed by atoms with Crippen LogP contribution >= 0.6 is 0 Å². The lowest BCUT2D eigenvalue weighted by atomic mass is 9.96. The second-order valence-corrected chi connectivity index (χ2v) is 4.96.